The van der Waals surface area contributed by atoms with Gasteiger partial charge in [-0.05, 0) is 51.5 Å². The van der Waals surface area contributed by atoms with Crippen LogP contribution in [-0.4, -0.2) is 34.9 Å². The monoisotopic (exact) mass is 291 g/mol. The highest BCUT2D eigenvalue weighted by Crippen LogP contribution is 2.44. The van der Waals surface area contributed by atoms with Crippen LogP contribution in [0.2, 0.25) is 0 Å². The fraction of sp³-hybridized carbons (Fsp3) is 0.875. The smallest absolute Gasteiger partial charge is 0.229 e. The molecule has 0 spiro atoms. The molecule has 21 heavy (non-hydrogen) atoms. The molecule has 1 aliphatic carbocycles. The zero-order valence-electron chi connectivity index (χ0n) is 12.8. The van der Waals surface area contributed by atoms with Gasteiger partial charge < -0.3 is 14.6 Å². The van der Waals surface area contributed by atoms with E-state index in [2.05, 4.69) is 17.4 Å². The first-order chi connectivity index (χ1) is 10.3. The van der Waals surface area contributed by atoms with Crippen LogP contribution in [0.4, 0.5) is 0 Å². The fourth-order valence-electron chi connectivity index (χ4n) is 4.31. The van der Waals surface area contributed by atoms with Crippen LogP contribution in [0.15, 0.2) is 4.52 Å². The number of rotatable bonds is 4. The standard InChI is InChI=1S/C16H25N3O2/c1-2-17-11-5-3-10(4-6-11)16-18-15(19-21-16)13-9-12-7-8-14(13)20-12/h10-14,17H,2-9H2,1H3. The predicted octanol–water partition coefficient (Wildman–Crippen LogP) is 2.74. The average Bonchev–Trinajstić information content (AvgIpc) is 3.24. The summed E-state index contributed by atoms with van der Waals surface area (Å²) in [4.78, 5) is 4.73. The highest BCUT2D eigenvalue weighted by atomic mass is 16.5. The number of fused-ring (bicyclic) bond motifs is 2. The Hall–Kier alpha value is -0.940. The molecular weight excluding hydrogens is 266 g/mol. The molecule has 5 nitrogen and oxygen atoms in total. The topological polar surface area (TPSA) is 60.2 Å². The second-order valence-electron chi connectivity index (χ2n) is 6.81. The minimum atomic E-state index is 0.338. The van der Waals surface area contributed by atoms with Crippen LogP contribution >= 0.6 is 0 Å². The molecule has 3 unspecified atom stereocenters. The SMILES string of the molecule is CCNC1CCC(c2nc(C3CC4CCC3O4)no2)CC1. The zero-order chi connectivity index (χ0) is 14.2. The third-order valence-corrected chi connectivity index (χ3v) is 5.46. The van der Waals surface area contributed by atoms with Gasteiger partial charge in [-0.25, -0.2) is 0 Å². The van der Waals surface area contributed by atoms with Gasteiger partial charge in [0.05, 0.1) is 18.1 Å². The van der Waals surface area contributed by atoms with Crippen molar-refractivity contribution in [3.05, 3.63) is 11.7 Å². The lowest BCUT2D eigenvalue weighted by Gasteiger charge is -2.26. The maximum Gasteiger partial charge on any atom is 0.229 e. The van der Waals surface area contributed by atoms with Gasteiger partial charge in [0.1, 0.15) is 0 Å². The molecule has 2 aliphatic heterocycles. The lowest BCUT2D eigenvalue weighted by Crippen LogP contribution is -2.32. The molecule has 0 amide bonds. The predicted molar refractivity (Wildman–Crippen MR) is 78.2 cm³/mol. The van der Waals surface area contributed by atoms with Crippen molar-refractivity contribution < 1.29 is 9.26 Å². The van der Waals surface area contributed by atoms with E-state index in [1.165, 1.54) is 19.3 Å². The van der Waals surface area contributed by atoms with Crippen LogP contribution in [0.25, 0.3) is 0 Å². The van der Waals surface area contributed by atoms with Crippen molar-refractivity contribution in [2.45, 2.75) is 82.0 Å². The van der Waals surface area contributed by atoms with E-state index in [0.29, 0.717) is 30.1 Å². The second-order valence-corrected chi connectivity index (χ2v) is 6.81. The Morgan fingerprint density at radius 3 is 2.67 bits per heavy atom. The molecule has 2 saturated heterocycles. The quantitative estimate of drug-likeness (QED) is 0.924. The summed E-state index contributed by atoms with van der Waals surface area (Å²) < 4.78 is 11.5. The summed E-state index contributed by atoms with van der Waals surface area (Å²) >= 11 is 0. The Bertz CT molecular complexity index is 482. The molecule has 1 aromatic rings. The van der Waals surface area contributed by atoms with Crippen molar-refractivity contribution in [1.29, 1.82) is 0 Å². The Morgan fingerprint density at radius 1 is 1.14 bits per heavy atom. The molecule has 4 rings (SSSR count). The second kappa shape index (κ2) is 5.69. The Morgan fingerprint density at radius 2 is 2.00 bits per heavy atom. The van der Waals surface area contributed by atoms with Gasteiger partial charge >= 0.3 is 0 Å². The number of nitrogens with zero attached hydrogens (tertiary/aromatic N) is 2. The first kappa shape index (κ1) is 13.7. The van der Waals surface area contributed by atoms with Crippen molar-refractivity contribution in [3.63, 3.8) is 0 Å². The summed E-state index contributed by atoms with van der Waals surface area (Å²) in [6.45, 7) is 3.23. The zero-order valence-corrected chi connectivity index (χ0v) is 12.8. The van der Waals surface area contributed by atoms with E-state index in [1.54, 1.807) is 0 Å². The molecule has 3 aliphatic rings. The molecule has 3 fully saturated rings. The lowest BCUT2D eigenvalue weighted by molar-refractivity contribution is 0.0996. The van der Waals surface area contributed by atoms with E-state index in [0.717, 1.165) is 43.9 Å². The molecule has 3 atom stereocenters. The number of nitrogens with one attached hydrogen (secondary N) is 1. The molecule has 3 heterocycles. The van der Waals surface area contributed by atoms with Gasteiger partial charge in [-0.2, -0.15) is 4.98 Å². The van der Waals surface area contributed by atoms with Crippen LogP contribution in [0.1, 0.15) is 75.4 Å². The van der Waals surface area contributed by atoms with Crippen molar-refractivity contribution in [2.24, 2.45) is 0 Å². The van der Waals surface area contributed by atoms with Gasteiger partial charge in [-0.1, -0.05) is 12.1 Å². The van der Waals surface area contributed by atoms with E-state index in [4.69, 9.17) is 14.2 Å². The van der Waals surface area contributed by atoms with Gasteiger partial charge in [-0.3, -0.25) is 0 Å². The first-order valence-corrected chi connectivity index (χ1v) is 8.55. The summed E-state index contributed by atoms with van der Waals surface area (Å²) in [7, 11) is 0. The summed E-state index contributed by atoms with van der Waals surface area (Å²) in [5.74, 6) is 2.59. The van der Waals surface area contributed by atoms with Crippen LogP contribution in [-0.2, 0) is 4.74 Å². The van der Waals surface area contributed by atoms with Crippen molar-refractivity contribution >= 4 is 0 Å². The molecule has 116 valence electrons. The minimum absolute atomic E-state index is 0.338. The Balaban J connectivity index is 1.39. The Labute approximate surface area is 125 Å². The van der Waals surface area contributed by atoms with Crippen LogP contribution in [0.3, 0.4) is 0 Å². The minimum Gasteiger partial charge on any atom is -0.374 e. The van der Waals surface area contributed by atoms with Crippen LogP contribution in [0.5, 0.6) is 0 Å². The van der Waals surface area contributed by atoms with E-state index >= 15 is 0 Å². The van der Waals surface area contributed by atoms with E-state index in [-0.39, 0.29) is 0 Å². The maximum absolute atomic E-state index is 5.91. The summed E-state index contributed by atoms with van der Waals surface area (Å²) in [5.41, 5.74) is 0. The van der Waals surface area contributed by atoms with E-state index in [1.807, 2.05) is 0 Å². The molecule has 1 N–H and O–H groups in total. The number of aromatic nitrogens is 2. The Kier molecular flexibility index (Phi) is 3.71. The molecule has 5 heteroatoms. The van der Waals surface area contributed by atoms with Gasteiger partial charge in [0.2, 0.25) is 5.89 Å². The maximum atomic E-state index is 5.91. The van der Waals surface area contributed by atoms with Gasteiger partial charge in [0.15, 0.2) is 5.82 Å². The highest BCUT2D eigenvalue weighted by molar-refractivity contribution is 5.08. The van der Waals surface area contributed by atoms with Crippen LogP contribution < -0.4 is 5.32 Å². The summed E-state index contributed by atoms with van der Waals surface area (Å²) in [5, 5.41) is 7.81. The number of hydrogen-bond acceptors (Lipinski definition) is 5. The van der Waals surface area contributed by atoms with Gasteiger partial charge in [0.25, 0.3) is 0 Å². The van der Waals surface area contributed by atoms with Gasteiger partial charge in [-0.15, -0.1) is 0 Å². The van der Waals surface area contributed by atoms with E-state index < -0.39 is 0 Å². The highest BCUT2D eigenvalue weighted by Gasteiger charge is 2.44. The lowest BCUT2D eigenvalue weighted by atomic mass is 9.85. The molecule has 1 saturated carbocycles. The molecule has 0 radical (unpaired) electrons. The van der Waals surface area contributed by atoms with Gasteiger partial charge in [0, 0.05) is 12.0 Å². The average molecular weight is 291 g/mol. The largest absolute Gasteiger partial charge is 0.374 e. The van der Waals surface area contributed by atoms with E-state index in [9.17, 15) is 0 Å². The van der Waals surface area contributed by atoms with Crippen molar-refractivity contribution in [2.75, 3.05) is 6.54 Å². The third-order valence-electron chi connectivity index (χ3n) is 5.46. The summed E-state index contributed by atoms with van der Waals surface area (Å²) in [6, 6.07) is 0.674. The number of hydrogen-bond donors (Lipinski definition) is 1. The molecule has 2 bridgehead atoms. The fourth-order valence-corrected chi connectivity index (χ4v) is 4.31. The molecule has 0 aromatic carbocycles. The molecular formula is C16H25N3O2. The normalized spacial score (nSPS) is 39.0. The summed E-state index contributed by atoms with van der Waals surface area (Å²) in [6.07, 6.45) is 8.98. The van der Waals surface area contributed by atoms with Crippen molar-refractivity contribution in [1.82, 2.24) is 15.5 Å². The third kappa shape index (κ3) is 2.61. The molecule has 1 aromatic heterocycles. The van der Waals surface area contributed by atoms with Crippen LogP contribution in [0, 0.1) is 0 Å². The number of ether oxygens (including phenoxy) is 1. The van der Waals surface area contributed by atoms with Crippen molar-refractivity contribution in [3.8, 4) is 0 Å². The first-order valence-electron chi connectivity index (χ1n) is 8.55.